The maximum atomic E-state index is 13.7. The van der Waals surface area contributed by atoms with Gasteiger partial charge in [-0.25, -0.2) is 0 Å². The third-order valence-electron chi connectivity index (χ3n) is 7.71. The summed E-state index contributed by atoms with van der Waals surface area (Å²) in [5, 5.41) is 7.14. The number of nitrogens with one attached hydrogen (secondary N) is 2. The first-order valence-electron chi connectivity index (χ1n) is 14.6. The van der Waals surface area contributed by atoms with Gasteiger partial charge in [-0.1, -0.05) is 31.0 Å². The van der Waals surface area contributed by atoms with Crippen molar-refractivity contribution in [3.8, 4) is 11.5 Å². The Hall–Kier alpha value is -3.35. The summed E-state index contributed by atoms with van der Waals surface area (Å²) in [6.07, 6.45) is 9.58. The molecule has 2 heterocycles. The molecule has 0 aliphatic carbocycles. The molecule has 6 heteroatoms. The zero-order chi connectivity index (χ0) is 26.7. The van der Waals surface area contributed by atoms with Crippen molar-refractivity contribution in [3.05, 3.63) is 84.4 Å². The molecular formula is C33H41N3O3. The molecule has 2 atom stereocenters. The minimum atomic E-state index is -0.0790. The van der Waals surface area contributed by atoms with Crippen LogP contribution in [0.4, 0.5) is 11.4 Å². The molecule has 1 amide bonds. The van der Waals surface area contributed by atoms with Crippen LogP contribution in [0.5, 0.6) is 11.5 Å². The number of amides is 1. The smallest absolute Gasteiger partial charge is 0.262 e. The van der Waals surface area contributed by atoms with Gasteiger partial charge in [0.15, 0.2) is 0 Å². The molecule has 0 radical (unpaired) electrons. The molecule has 3 aromatic rings. The SMILES string of the molecule is O=C(c1ccccc1)N(c1ccc(OCCC2CCCCN2)cc1)c1ccc(OCCC2CCCCN2)cc1. The summed E-state index contributed by atoms with van der Waals surface area (Å²) in [5.41, 5.74) is 2.22. The number of nitrogens with zero attached hydrogens (tertiary/aromatic N) is 1. The lowest BCUT2D eigenvalue weighted by molar-refractivity contribution is 0.0999. The van der Waals surface area contributed by atoms with Crippen molar-refractivity contribution in [1.82, 2.24) is 10.6 Å². The largest absolute Gasteiger partial charge is 0.494 e. The molecule has 2 saturated heterocycles. The van der Waals surface area contributed by atoms with E-state index >= 15 is 0 Å². The van der Waals surface area contributed by atoms with Crippen LogP contribution in [0.3, 0.4) is 0 Å². The molecule has 6 nitrogen and oxygen atoms in total. The number of rotatable bonds is 11. The zero-order valence-electron chi connectivity index (χ0n) is 22.8. The Morgan fingerprint density at radius 3 is 1.59 bits per heavy atom. The topological polar surface area (TPSA) is 62.8 Å². The molecule has 206 valence electrons. The summed E-state index contributed by atoms with van der Waals surface area (Å²) in [7, 11) is 0. The van der Waals surface area contributed by atoms with E-state index in [9.17, 15) is 4.79 Å². The number of piperidine rings is 2. The first-order valence-corrected chi connectivity index (χ1v) is 14.6. The second-order valence-electron chi connectivity index (χ2n) is 10.6. The van der Waals surface area contributed by atoms with Crippen molar-refractivity contribution in [2.45, 2.75) is 63.5 Å². The van der Waals surface area contributed by atoms with Crippen molar-refractivity contribution in [1.29, 1.82) is 0 Å². The van der Waals surface area contributed by atoms with Crippen LogP contribution in [-0.4, -0.2) is 44.3 Å². The minimum absolute atomic E-state index is 0.0790. The normalized spacial score (nSPS) is 19.3. The molecule has 3 aromatic carbocycles. The molecule has 2 N–H and O–H groups in total. The van der Waals surface area contributed by atoms with Gasteiger partial charge < -0.3 is 20.1 Å². The number of benzene rings is 3. The molecule has 2 fully saturated rings. The van der Waals surface area contributed by atoms with E-state index in [1.807, 2.05) is 78.9 Å². The fraction of sp³-hybridized carbons (Fsp3) is 0.424. The van der Waals surface area contributed by atoms with Crippen LogP contribution < -0.4 is 25.0 Å². The van der Waals surface area contributed by atoms with Crippen molar-refractivity contribution >= 4 is 17.3 Å². The summed E-state index contributed by atoms with van der Waals surface area (Å²) in [5.74, 6) is 1.56. The Kier molecular flexibility index (Phi) is 9.88. The third kappa shape index (κ3) is 7.84. The number of hydrogen-bond donors (Lipinski definition) is 2. The molecule has 0 aromatic heterocycles. The highest BCUT2D eigenvalue weighted by Crippen LogP contribution is 2.31. The predicted octanol–water partition coefficient (Wildman–Crippen LogP) is 6.49. The maximum Gasteiger partial charge on any atom is 0.262 e. The summed E-state index contributed by atoms with van der Waals surface area (Å²) in [6.45, 7) is 3.58. The van der Waals surface area contributed by atoms with Crippen LogP contribution in [0, 0.1) is 0 Å². The second-order valence-corrected chi connectivity index (χ2v) is 10.6. The van der Waals surface area contributed by atoms with Gasteiger partial charge in [-0.05, 0) is 112 Å². The highest BCUT2D eigenvalue weighted by atomic mass is 16.5. The Morgan fingerprint density at radius 1 is 0.667 bits per heavy atom. The zero-order valence-corrected chi connectivity index (χ0v) is 22.8. The molecule has 2 aliphatic rings. The van der Waals surface area contributed by atoms with Crippen LogP contribution in [0.2, 0.25) is 0 Å². The Morgan fingerprint density at radius 2 is 1.15 bits per heavy atom. The number of carbonyl (C=O) groups excluding carboxylic acids is 1. The van der Waals surface area contributed by atoms with Crippen LogP contribution in [0.25, 0.3) is 0 Å². The molecular weight excluding hydrogens is 486 g/mol. The number of hydrogen-bond acceptors (Lipinski definition) is 5. The van der Waals surface area contributed by atoms with Crippen LogP contribution in [0.1, 0.15) is 61.7 Å². The Bertz CT molecular complexity index is 1070. The molecule has 0 bridgehead atoms. The average molecular weight is 528 g/mol. The molecule has 39 heavy (non-hydrogen) atoms. The summed E-state index contributed by atoms with van der Waals surface area (Å²) >= 11 is 0. The van der Waals surface area contributed by atoms with Gasteiger partial charge in [0.25, 0.3) is 5.91 Å². The van der Waals surface area contributed by atoms with E-state index in [0.29, 0.717) is 30.9 Å². The molecule has 0 saturated carbocycles. The first-order chi connectivity index (χ1) is 19.3. The molecule has 2 aliphatic heterocycles. The van der Waals surface area contributed by atoms with E-state index in [0.717, 1.165) is 48.8 Å². The van der Waals surface area contributed by atoms with Crippen LogP contribution in [0.15, 0.2) is 78.9 Å². The summed E-state index contributed by atoms with van der Waals surface area (Å²) in [6, 6.07) is 26.1. The van der Waals surface area contributed by atoms with Crippen LogP contribution in [-0.2, 0) is 0 Å². The van der Waals surface area contributed by atoms with E-state index in [4.69, 9.17) is 9.47 Å². The lowest BCUT2D eigenvalue weighted by atomic mass is 10.0. The Labute approximate surface area is 232 Å². The van der Waals surface area contributed by atoms with E-state index in [1.54, 1.807) is 4.90 Å². The number of anilines is 2. The van der Waals surface area contributed by atoms with E-state index in [-0.39, 0.29) is 5.91 Å². The quantitative estimate of drug-likeness (QED) is 0.299. The van der Waals surface area contributed by atoms with E-state index in [2.05, 4.69) is 10.6 Å². The predicted molar refractivity (Wildman–Crippen MR) is 157 cm³/mol. The lowest BCUT2D eigenvalue weighted by Gasteiger charge is -2.25. The fourth-order valence-corrected chi connectivity index (χ4v) is 5.46. The summed E-state index contributed by atoms with van der Waals surface area (Å²) < 4.78 is 12.1. The standard InChI is InChI=1S/C33H41N3O3/c37-33(26-8-2-1-3-9-26)36(29-12-16-31(17-13-29)38-24-20-27-10-4-6-22-34-27)30-14-18-32(19-15-30)39-25-21-28-11-5-7-23-35-28/h1-3,8-9,12-19,27-28,34-35H,4-7,10-11,20-25H2. The number of carbonyl (C=O) groups is 1. The lowest BCUT2D eigenvalue weighted by Crippen LogP contribution is -2.35. The van der Waals surface area contributed by atoms with Gasteiger partial charge in [0.2, 0.25) is 0 Å². The van der Waals surface area contributed by atoms with Crippen molar-refractivity contribution in [2.24, 2.45) is 0 Å². The van der Waals surface area contributed by atoms with Gasteiger partial charge in [-0.15, -0.1) is 0 Å². The Balaban J connectivity index is 1.24. The van der Waals surface area contributed by atoms with Crippen molar-refractivity contribution < 1.29 is 14.3 Å². The fourth-order valence-electron chi connectivity index (χ4n) is 5.46. The van der Waals surface area contributed by atoms with Gasteiger partial charge in [0.1, 0.15) is 11.5 Å². The molecule has 0 spiro atoms. The van der Waals surface area contributed by atoms with Gasteiger partial charge in [0, 0.05) is 29.0 Å². The summed E-state index contributed by atoms with van der Waals surface area (Å²) in [4.78, 5) is 15.4. The van der Waals surface area contributed by atoms with Gasteiger partial charge in [-0.2, -0.15) is 0 Å². The van der Waals surface area contributed by atoms with Crippen LogP contribution >= 0.6 is 0 Å². The van der Waals surface area contributed by atoms with E-state index in [1.165, 1.54) is 38.5 Å². The average Bonchev–Trinajstić information content (AvgIpc) is 3.00. The second kappa shape index (κ2) is 14.2. The highest BCUT2D eigenvalue weighted by Gasteiger charge is 2.20. The van der Waals surface area contributed by atoms with Gasteiger partial charge >= 0.3 is 0 Å². The van der Waals surface area contributed by atoms with Gasteiger partial charge in [0.05, 0.1) is 13.2 Å². The van der Waals surface area contributed by atoms with Gasteiger partial charge in [-0.3, -0.25) is 9.69 Å². The monoisotopic (exact) mass is 527 g/mol. The van der Waals surface area contributed by atoms with Crippen molar-refractivity contribution in [3.63, 3.8) is 0 Å². The molecule has 5 rings (SSSR count). The minimum Gasteiger partial charge on any atom is -0.494 e. The maximum absolute atomic E-state index is 13.7. The third-order valence-corrected chi connectivity index (χ3v) is 7.71. The number of ether oxygens (including phenoxy) is 2. The van der Waals surface area contributed by atoms with E-state index < -0.39 is 0 Å². The highest BCUT2D eigenvalue weighted by molar-refractivity contribution is 6.10. The molecule has 2 unspecified atom stereocenters. The first kappa shape index (κ1) is 27.2. The van der Waals surface area contributed by atoms with Crippen molar-refractivity contribution in [2.75, 3.05) is 31.2 Å².